The van der Waals surface area contributed by atoms with Crippen molar-refractivity contribution < 1.29 is 19.4 Å². The lowest BCUT2D eigenvalue weighted by atomic mass is 10.1. The normalized spacial score (nSPS) is 22.2. The standard InChI is InChI=1S/C14H17NO4/c1-9-4-2-3-5-10(9)8-15-13(16)11-6-7-12(19-11)14(17)18/h2-5,11-12H,6-8H2,1H3,(H,15,16)(H,17,18)/t11-,12+/m0/s1. The van der Waals surface area contributed by atoms with Crippen molar-refractivity contribution in [3.05, 3.63) is 35.4 Å². The van der Waals surface area contributed by atoms with Gasteiger partial charge in [0.05, 0.1) is 0 Å². The quantitative estimate of drug-likeness (QED) is 0.857. The Balaban J connectivity index is 1.86. The molecule has 0 spiro atoms. The average molecular weight is 263 g/mol. The number of aliphatic carboxylic acids is 1. The second-order valence-corrected chi connectivity index (χ2v) is 4.67. The first-order chi connectivity index (χ1) is 9.08. The second-order valence-electron chi connectivity index (χ2n) is 4.67. The van der Waals surface area contributed by atoms with Gasteiger partial charge in [0.2, 0.25) is 5.91 Å². The maximum Gasteiger partial charge on any atom is 0.332 e. The highest BCUT2D eigenvalue weighted by Crippen LogP contribution is 2.20. The van der Waals surface area contributed by atoms with Crippen molar-refractivity contribution in [2.45, 2.75) is 38.5 Å². The van der Waals surface area contributed by atoms with Gasteiger partial charge in [0, 0.05) is 6.54 Å². The van der Waals surface area contributed by atoms with Gasteiger partial charge in [0.25, 0.3) is 0 Å². The highest BCUT2D eigenvalue weighted by Gasteiger charge is 2.34. The van der Waals surface area contributed by atoms with Crippen molar-refractivity contribution >= 4 is 11.9 Å². The zero-order valence-corrected chi connectivity index (χ0v) is 10.8. The van der Waals surface area contributed by atoms with Crippen LogP contribution < -0.4 is 5.32 Å². The zero-order chi connectivity index (χ0) is 13.8. The lowest BCUT2D eigenvalue weighted by Crippen LogP contribution is -2.35. The van der Waals surface area contributed by atoms with Crippen molar-refractivity contribution in [3.63, 3.8) is 0 Å². The summed E-state index contributed by atoms with van der Waals surface area (Å²) in [4.78, 5) is 22.6. The fraction of sp³-hybridized carbons (Fsp3) is 0.429. The van der Waals surface area contributed by atoms with E-state index in [1.165, 1.54) is 0 Å². The number of carbonyl (C=O) groups is 2. The van der Waals surface area contributed by atoms with Crippen LogP contribution in [0.3, 0.4) is 0 Å². The highest BCUT2D eigenvalue weighted by atomic mass is 16.5. The van der Waals surface area contributed by atoms with E-state index in [9.17, 15) is 9.59 Å². The van der Waals surface area contributed by atoms with Gasteiger partial charge in [-0.2, -0.15) is 0 Å². The summed E-state index contributed by atoms with van der Waals surface area (Å²) in [5.41, 5.74) is 2.15. The molecule has 1 aromatic carbocycles. The van der Waals surface area contributed by atoms with Crippen LogP contribution in [0.4, 0.5) is 0 Å². The fourth-order valence-corrected chi connectivity index (χ4v) is 2.12. The average Bonchev–Trinajstić information content (AvgIpc) is 2.87. The molecule has 1 aliphatic heterocycles. The summed E-state index contributed by atoms with van der Waals surface area (Å²) in [6.07, 6.45) is -0.659. The van der Waals surface area contributed by atoms with Crippen LogP contribution in [0.25, 0.3) is 0 Å². The van der Waals surface area contributed by atoms with Crippen LogP contribution in [0, 0.1) is 6.92 Å². The van der Waals surface area contributed by atoms with E-state index in [1.807, 2.05) is 31.2 Å². The van der Waals surface area contributed by atoms with Gasteiger partial charge in [0.15, 0.2) is 6.10 Å². The van der Waals surface area contributed by atoms with Gasteiger partial charge in [-0.3, -0.25) is 4.79 Å². The third kappa shape index (κ3) is 3.32. The lowest BCUT2D eigenvalue weighted by molar-refractivity contribution is -0.151. The summed E-state index contributed by atoms with van der Waals surface area (Å²) in [6.45, 7) is 2.41. The maximum absolute atomic E-state index is 11.9. The van der Waals surface area contributed by atoms with E-state index in [4.69, 9.17) is 9.84 Å². The molecule has 0 bridgehead atoms. The Kier molecular flexibility index (Phi) is 4.16. The molecular weight excluding hydrogens is 246 g/mol. The number of carboxylic acid groups (broad SMARTS) is 1. The molecule has 1 aliphatic rings. The van der Waals surface area contributed by atoms with Crippen molar-refractivity contribution in [2.75, 3.05) is 0 Å². The molecule has 1 heterocycles. The Labute approximate surface area is 111 Å². The van der Waals surface area contributed by atoms with Gasteiger partial charge < -0.3 is 15.2 Å². The van der Waals surface area contributed by atoms with Gasteiger partial charge in [-0.1, -0.05) is 24.3 Å². The molecule has 102 valence electrons. The Morgan fingerprint density at radius 1 is 1.32 bits per heavy atom. The Morgan fingerprint density at radius 3 is 2.63 bits per heavy atom. The van der Waals surface area contributed by atoms with Crippen molar-refractivity contribution in [1.29, 1.82) is 0 Å². The van der Waals surface area contributed by atoms with Crippen molar-refractivity contribution in [1.82, 2.24) is 5.32 Å². The molecule has 5 heteroatoms. The second kappa shape index (κ2) is 5.84. The van der Waals surface area contributed by atoms with Crippen molar-refractivity contribution in [2.24, 2.45) is 0 Å². The number of carboxylic acids is 1. The van der Waals surface area contributed by atoms with E-state index in [0.717, 1.165) is 11.1 Å². The number of amides is 1. The van der Waals surface area contributed by atoms with Gasteiger partial charge in [-0.15, -0.1) is 0 Å². The minimum atomic E-state index is -1.01. The van der Waals surface area contributed by atoms with Crippen molar-refractivity contribution in [3.8, 4) is 0 Å². The van der Waals surface area contributed by atoms with Crippen LogP contribution in [0.5, 0.6) is 0 Å². The van der Waals surface area contributed by atoms with Crippen LogP contribution in [-0.2, 0) is 20.9 Å². The predicted octanol–water partition coefficient (Wildman–Crippen LogP) is 1.24. The van der Waals surface area contributed by atoms with Gasteiger partial charge >= 0.3 is 5.97 Å². The summed E-state index contributed by atoms with van der Waals surface area (Å²) in [5, 5.41) is 11.6. The van der Waals surface area contributed by atoms with Crippen LogP contribution in [0.1, 0.15) is 24.0 Å². The molecule has 5 nitrogen and oxygen atoms in total. The summed E-state index contributed by atoms with van der Waals surface area (Å²) in [5.74, 6) is -1.25. The number of aryl methyl sites for hydroxylation is 1. The van der Waals surface area contributed by atoms with Crippen LogP contribution in [0.15, 0.2) is 24.3 Å². The minimum Gasteiger partial charge on any atom is -0.479 e. The summed E-state index contributed by atoms with van der Waals surface area (Å²) < 4.78 is 5.19. The largest absolute Gasteiger partial charge is 0.479 e. The van der Waals surface area contributed by atoms with E-state index in [-0.39, 0.29) is 5.91 Å². The molecular formula is C14H17NO4. The topological polar surface area (TPSA) is 75.6 Å². The molecule has 0 aromatic heterocycles. The van der Waals surface area contributed by atoms with Gasteiger partial charge in [-0.05, 0) is 30.9 Å². The first-order valence-electron chi connectivity index (χ1n) is 6.28. The number of hydrogen-bond acceptors (Lipinski definition) is 3. The number of benzene rings is 1. The van der Waals surface area contributed by atoms with Gasteiger partial charge in [-0.25, -0.2) is 4.79 Å². The Hall–Kier alpha value is -1.88. The van der Waals surface area contributed by atoms with Gasteiger partial charge in [0.1, 0.15) is 6.10 Å². The molecule has 2 N–H and O–H groups in total. The molecule has 1 aromatic rings. The number of rotatable bonds is 4. The highest BCUT2D eigenvalue weighted by molar-refractivity contribution is 5.82. The van der Waals surface area contributed by atoms with Crippen LogP contribution in [0.2, 0.25) is 0 Å². The van der Waals surface area contributed by atoms with E-state index in [0.29, 0.717) is 19.4 Å². The molecule has 1 fully saturated rings. The van der Waals surface area contributed by atoms with Crippen LogP contribution in [-0.4, -0.2) is 29.2 Å². The first kappa shape index (κ1) is 13.5. The lowest BCUT2D eigenvalue weighted by Gasteiger charge is -2.12. The first-order valence-corrected chi connectivity index (χ1v) is 6.28. The molecule has 0 unspecified atom stereocenters. The zero-order valence-electron chi connectivity index (χ0n) is 10.8. The summed E-state index contributed by atoms with van der Waals surface area (Å²) in [7, 11) is 0. The van der Waals surface area contributed by atoms with Crippen LogP contribution >= 0.6 is 0 Å². The number of ether oxygens (including phenoxy) is 1. The third-order valence-electron chi connectivity index (χ3n) is 3.30. The predicted molar refractivity (Wildman–Crippen MR) is 68.6 cm³/mol. The molecule has 0 radical (unpaired) electrons. The Bertz CT molecular complexity index is 486. The van der Waals surface area contributed by atoms with E-state index in [2.05, 4.69) is 5.32 Å². The van der Waals surface area contributed by atoms with E-state index in [1.54, 1.807) is 0 Å². The number of hydrogen-bond donors (Lipinski definition) is 2. The fourth-order valence-electron chi connectivity index (χ4n) is 2.12. The smallest absolute Gasteiger partial charge is 0.332 e. The summed E-state index contributed by atoms with van der Waals surface area (Å²) in [6, 6.07) is 7.79. The van der Waals surface area contributed by atoms with E-state index < -0.39 is 18.2 Å². The molecule has 2 rings (SSSR count). The maximum atomic E-state index is 11.9. The monoisotopic (exact) mass is 263 g/mol. The molecule has 19 heavy (non-hydrogen) atoms. The molecule has 1 saturated heterocycles. The molecule has 1 amide bonds. The number of carbonyl (C=O) groups excluding carboxylic acids is 1. The number of nitrogens with one attached hydrogen (secondary N) is 1. The molecule has 0 aliphatic carbocycles. The molecule has 0 saturated carbocycles. The van der Waals surface area contributed by atoms with E-state index >= 15 is 0 Å². The molecule has 2 atom stereocenters. The minimum absolute atomic E-state index is 0.244. The SMILES string of the molecule is Cc1ccccc1CNC(=O)[C@@H]1CC[C@H](C(=O)O)O1. The third-order valence-corrected chi connectivity index (χ3v) is 3.30. The summed E-state index contributed by atoms with van der Waals surface area (Å²) >= 11 is 0. The Morgan fingerprint density at radius 2 is 2.00 bits per heavy atom.